The largest absolute Gasteiger partial charge is 0.391 e. The zero-order chi connectivity index (χ0) is 9.00. The summed E-state index contributed by atoms with van der Waals surface area (Å²) in [5.41, 5.74) is 14.2. The van der Waals surface area contributed by atoms with Crippen LogP contribution in [-0.2, 0) is 0 Å². The zero-order valence-corrected chi connectivity index (χ0v) is 9.88. The SMILES string of the molecule is Nc1cc2c(s1)[SiH2]c1sc(N)cc1-2. The molecule has 0 fully saturated rings. The molecule has 2 aromatic rings. The molecule has 5 heteroatoms. The number of hydrogen-bond acceptors (Lipinski definition) is 4. The van der Waals surface area contributed by atoms with Crippen LogP contribution in [0.2, 0.25) is 0 Å². The van der Waals surface area contributed by atoms with Gasteiger partial charge in [-0.05, 0) is 32.3 Å². The molecule has 0 spiro atoms. The minimum Gasteiger partial charge on any atom is -0.391 e. The normalized spacial score (nSPS) is 12.9. The van der Waals surface area contributed by atoms with Crippen molar-refractivity contribution in [1.82, 2.24) is 0 Å². The Morgan fingerprint density at radius 1 is 0.923 bits per heavy atom. The van der Waals surface area contributed by atoms with Crippen molar-refractivity contribution in [3.8, 4) is 11.1 Å². The Balaban J connectivity index is 2.28. The van der Waals surface area contributed by atoms with Crippen molar-refractivity contribution in [3.05, 3.63) is 12.1 Å². The summed E-state index contributed by atoms with van der Waals surface area (Å²) in [5.74, 6) is 0. The van der Waals surface area contributed by atoms with Gasteiger partial charge in [-0.1, -0.05) is 0 Å². The van der Waals surface area contributed by atoms with Gasteiger partial charge >= 0.3 is 0 Å². The number of nitrogen functional groups attached to an aromatic ring is 2. The average Bonchev–Trinajstić information content (AvgIpc) is 2.60. The van der Waals surface area contributed by atoms with Crippen molar-refractivity contribution in [2.24, 2.45) is 0 Å². The summed E-state index contributed by atoms with van der Waals surface area (Å²) in [6.45, 7) is 0. The molecule has 0 bridgehead atoms. The van der Waals surface area contributed by atoms with E-state index >= 15 is 0 Å². The number of fused-ring (bicyclic) bond motifs is 3. The van der Waals surface area contributed by atoms with E-state index in [2.05, 4.69) is 12.1 Å². The molecule has 0 saturated heterocycles. The van der Waals surface area contributed by atoms with Crippen LogP contribution in [0.25, 0.3) is 11.1 Å². The van der Waals surface area contributed by atoms with Crippen LogP contribution in [0.1, 0.15) is 0 Å². The lowest BCUT2D eigenvalue weighted by Crippen LogP contribution is -2.15. The summed E-state index contributed by atoms with van der Waals surface area (Å²) in [6, 6.07) is 4.18. The van der Waals surface area contributed by atoms with Crippen molar-refractivity contribution < 1.29 is 0 Å². The average molecular weight is 224 g/mol. The van der Waals surface area contributed by atoms with Crippen molar-refractivity contribution in [3.63, 3.8) is 0 Å². The maximum atomic E-state index is 5.77. The van der Waals surface area contributed by atoms with Gasteiger partial charge in [-0.25, -0.2) is 0 Å². The molecule has 3 rings (SSSR count). The molecule has 0 aromatic carbocycles. The Kier molecular flexibility index (Phi) is 1.39. The molecule has 3 heterocycles. The Hall–Kier alpha value is -0.783. The minimum absolute atomic E-state index is 0.241. The molecule has 0 amide bonds. The fourth-order valence-corrected chi connectivity index (χ4v) is 7.22. The Morgan fingerprint density at radius 2 is 1.38 bits per heavy atom. The first-order valence-electron chi connectivity index (χ1n) is 4.01. The first-order valence-corrected chi connectivity index (χ1v) is 7.05. The number of nitrogens with two attached hydrogens (primary N) is 2. The fourth-order valence-electron chi connectivity index (χ4n) is 1.76. The molecular weight excluding hydrogens is 216 g/mol. The van der Waals surface area contributed by atoms with E-state index in [-0.39, 0.29) is 9.52 Å². The zero-order valence-electron chi connectivity index (χ0n) is 6.83. The Labute approximate surface area is 86.0 Å². The summed E-state index contributed by atoms with van der Waals surface area (Å²) in [6.07, 6.45) is 0. The molecule has 1 aliphatic heterocycles. The smallest absolute Gasteiger partial charge is 0.115 e. The van der Waals surface area contributed by atoms with E-state index in [1.165, 1.54) is 20.1 Å². The highest BCUT2D eigenvalue weighted by molar-refractivity contribution is 7.33. The van der Waals surface area contributed by atoms with Crippen molar-refractivity contribution in [1.29, 1.82) is 0 Å². The highest BCUT2D eigenvalue weighted by Gasteiger charge is 2.23. The van der Waals surface area contributed by atoms with Crippen LogP contribution in [0.3, 0.4) is 0 Å². The van der Waals surface area contributed by atoms with E-state index in [1.807, 2.05) is 0 Å². The van der Waals surface area contributed by atoms with Gasteiger partial charge in [-0.15, -0.1) is 22.7 Å². The standard InChI is InChI=1S/C8H8N2S2Si/c9-5-1-3-4-2-6(10)12-8(4)13-7(3)11-5/h1-2H,9-10,13H2. The second kappa shape index (κ2) is 2.37. The molecule has 66 valence electrons. The predicted octanol–water partition coefficient (Wildman–Crippen LogP) is 0.0740. The lowest BCUT2D eigenvalue weighted by molar-refractivity contribution is 1.86. The summed E-state index contributed by atoms with van der Waals surface area (Å²) in [4.78, 5) is 0. The van der Waals surface area contributed by atoms with Crippen LogP contribution in [0, 0.1) is 0 Å². The van der Waals surface area contributed by atoms with Gasteiger partial charge in [0.1, 0.15) is 9.52 Å². The van der Waals surface area contributed by atoms with Gasteiger partial charge in [0.15, 0.2) is 0 Å². The van der Waals surface area contributed by atoms with Crippen molar-refractivity contribution in [2.45, 2.75) is 0 Å². The molecule has 0 atom stereocenters. The third-order valence-corrected chi connectivity index (χ3v) is 7.04. The Morgan fingerprint density at radius 3 is 1.85 bits per heavy atom. The topological polar surface area (TPSA) is 52.0 Å². The molecule has 1 aliphatic rings. The maximum absolute atomic E-state index is 5.77. The second-order valence-electron chi connectivity index (χ2n) is 3.15. The molecule has 0 aliphatic carbocycles. The van der Waals surface area contributed by atoms with E-state index in [0.717, 1.165) is 10.0 Å². The van der Waals surface area contributed by atoms with Gasteiger partial charge in [-0.2, -0.15) is 0 Å². The van der Waals surface area contributed by atoms with Gasteiger partial charge < -0.3 is 11.5 Å². The molecule has 0 radical (unpaired) electrons. The highest BCUT2D eigenvalue weighted by atomic mass is 32.1. The van der Waals surface area contributed by atoms with Crippen LogP contribution in [0.4, 0.5) is 10.0 Å². The number of hydrogen-bond donors (Lipinski definition) is 2. The molecule has 4 N–H and O–H groups in total. The van der Waals surface area contributed by atoms with Crippen molar-refractivity contribution in [2.75, 3.05) is 11.5 Å². The third kappa shape index (κ3) is 0.978. The monoisotopic (exact) mass is 224 g/mol. The van der Waals surface area contributed by atoms with Crippen LogP contribution >= 0.6 is 22.7 Å². The molecule has 0 unspecified atom stereocenters. The second-order valence-corrected chi connectivity index (χ2v) is 8.28. The highest BCUT2D eigenvalue weighted by Crippen LogP contribution is 2.31. The Bertz CT molecular complexity index is 442. The van der Waals surface area contributed by atoms with E-state index in [4.69, 9.17) is 11.5 Å². The molecule has 2 nitrogen and oxygen atoms in total. The van der Waals surface area contributed by atoms with E-state index in [0.29, 0.717) is 0 Å². The molecule has 13 heavy (non-hydrogen) atoms. The number of rotatable bonds is 0. The van der Waals surface area contributed by atoms with Gasteiger partial charge in [0, 0.05) is 0 Å². The van der Waals surface area contributed by atoms with Gasteiger partial charge in [0.05, 0.1) is 10.0 Å². The number of anilines is 2. The lowest BCUT2D eigenvalue weighted by atomic mass is 10.2. The van der Waals surface area contributed by atoms with Crippen LogP contribution in [0.5, 0.6) is 0 Å². The third-order valence-electron chi connectivity index (χ3n) is 2.27. The van der Waals surface area contributed by atoms with Crippen LogP contribution in [-0.4, -0.2) is 9.52 Å². The van der Waals surface area contributed by atoms with Crippen LogP contribution < -0.4 is 20.5 Å². The summed E-state index contributed by atoms with van der Waals surface area (Å²) >= 11 is 3.50. The van der Waals surface area contributed by atoms with E-state index in [9.17, 15) is 0 Å². The molecule has 0 saturated carbocycles. The van der Waals surface area contributed by atoms with Gasteiger partial charge in [0.25, 0.3) is 0 Å². The van der Waals surface area contributed by atoms with E-state index in [1.54, 1.807) is 22.7 Å². The van der Waals surface area contributed by atoms with Gasteiger partial charge in [-0.3, -0.25) is 0 Å². The first-order chi connectivity index (χ1) is 6.24. The summed E-state index contributed by atoms with van der Waals surface area (Å²) in [7, 11) is -0.241. The first kappa shape index (κ1) is 7.60. The van der Waals surface area contributed by atoms with E-state index < -0.39 is 0 Å². The fraction of sp³-hybridized carbons (Fsp3) is 0. The minimum atomic E-state index is -0.241. The van der Waals surface area contributed by atoms with Crippen molar-refractivity contribution >= 4 is 51.2 Å². The number of thiophene rings is 2. The maximum Gasteiger partial charge on any atom is 0.115 e. The summed E-state index contributed by atoms with van der Waals surface area (Å²) < 4.78 is 3.05. The lowest BCUT2D eigenvalue weighted by Gasteiger charge is -1.87. The predicted molar refractivity (Wildman–Crippen MR) is 64.3 cm³/mol. The molecule has 2 aromatic heterocycles. The molecular formula is C8H8N2S2Si. The summed E-state index contributed by atoms with van der Waals surface area (Å²) in [5, 5.41) is 1.88. The van der Waals surface area contributed by atoms with Crippen LogP contribution in [0.15, 0.2) is 12.1 Å². The van der Waals surface area contributed by atoms with Gasteiger partial charge in [0.2, 0.25) is 0 Å². The quantitative estimate of drug-likeness (QED) is 0.531.